The van der Waals surface area contributed by atoms with Gasteiger partial charge in [0.1, 0.15) is 5.01 Å². The number of carbonyl (C=O) groups excluding carboxylic acids is 1. The minimum Gasteiger partial charge on any atom is -0.309 e. The Morgan fingerprint density at radius 3 is 2.87 bits per heavy atom. The molecule has 0 spiro atoms. The maximum atomic E-state index is 12.6. The third-order valence-corrected chi connectivity index (χ3v) is 5.06. The molecule has 0 aliphatic carbocycles. The molecule has 2 heterocycles. The topological polar surface area (TPSA) is 33.2 Å². The van der Waals surface area contributed by atoms with Gasteiger partial charge in [-0.05, 0) is 42.7 Å². The summed E-state index contributed by atoms with van der Waals surface area (Å²) in [5.41, 5.74) is 3.27. The van der Waals surface area contributed by atoms with Crippen LogP contribution in [0.4, 0.5) is 5.69 Å². The third kappa shape index (κ3) is 2.78. The molecule has 0 N–H and O–H groups in total. The number of rotatable bonds is 2. The molecule has 0 saturated carbocycles. The first-order chi connectivity index (χ1) is 11.3. The number of anilines is 1. The minimum absolute atomic E-state index is 0.0245. The second-order valence-electron chi connectivity index (χ2n) is 5.58. The Morgan fingerprint density at radius 2 is 1.96 bits per heavy atom. The van der Waals surface area contributed by atoms with Crippen molar-refractivity contribution in [3.05, 3.63) is 65.2 Å². The summed E-state index contributed by atoms with van der Waals surface area (Å²) in [5.74, 6) is 0.0245. The Hall–Kier alpha value is -2.46. The van der Waals surface area contributed by atoms with Gasteiger partial charge in [0, 0.05) is 18.3 Å². The van der Waals surface area contributed by atoms with Crippen molar-refractivity contribution < 1.29 is 4.79 Å². The highest BCUT2D eigenvalue weighted by atomic mass is 32.1. The number of hydrogen-bond acceptors (Lipinski definition) is 3. The lowest BCUT2D eigenvalue weighted by Gasteiger charge is -2.28. The van der Waals surface area contributed by atoms with Crippen LogP contribution in [-0.2, 0) is 11.2 Å². The summed E-state index contributed by atoms with van der Waals surface area (Å²) in [6.07, 6.45) is 5.52. The van der Waals surface area contributed by atoms with Gasteiger partial charge in [0.15, 0.2) is 0 Å². The molecule has 0 unspecified atom stereocenters. The minimum atomic E-state index is 0.0245. The van der Waals surface area contributed by atoms with Gasteiger partial charge in [-0.15, -0.1) is 11.3 Å². The van der Waals surface area contributed by atoms with Crippen molar-refractivity contribution in [2.24, 2.45) is 0 Å². The molecule has 3 aromatic rings. The number of hydrogen-bond donors (Lipinski definition) is 0. The van der Waals surface area contributed by atoms with Crippen molar-refractivity contribution in [1.82, 2.24) is 4.98 Å². The maximum Gasteiger partial charge on any atom is 0.251 e. The molecule has 23 heavy (non-hydrogen) atoms. The first kappa shape index (κ1) is 14.2. The molecule has 0 bridgehead atoms. The van der Waals surface area contributed by atoms with Crippen LogP contribution < -0.4 is 4.90 Å². The fourth-order valence-corrected chi connectivity index (χ4v) is 3.83. The second-order valence-corrected chi connectivity index (χ2v) is 6.64. The molecule has 0 atom stereocenters. The fourth-order valence-electron chi connectivity index (χ4n) is 2.96. The van der Waals surface area contributed by atoms with Crippen LogP contribution in [0.25, 0.3) is 16.3 Å². The fraction of sp³-hybridized carbons (Fsp3) is 0.158. The lowest BCUT2D eigenvalue weighted by atomic mass is 10.0. The van der Waals surface area contributed by atoms with Crippen LogP contribution in [0.3, 0.4) is 0 Å². The summed E-state index contributed by atoms with van der Waals surface area (Å²) < 4.78 is 1.14. The van der Waals surface area contributed by atoms with Crippen molar-refractivity contribution in [2.75, 3.05) is 11.4 Å². The van der Waals surface area contributed by atoms with Gasteiger partial charge < -0.3 is 4.90 Å². The van der Waals surface area contributed by atoms with Crippen LogP contribution in [0.1, 0.15) is 17.0 Å². The average Bonchev–Trinajstić information content (AvgIpc) is 3.02. The van der Waals surface area contributed by atoms with Crippen molar-refractivity contribution in [2.45, 2.75) is 12.8 Å². The summed E-state index contributed by atoms with van der Waals surface area (Å²) in [5, 5.41) is 0.866. The van der Waals surface area contributed by atoms with Gasteiger partial charge in [-0.25, -0.2) is 4.98 Å². The first-order valence-electron chi connectivity index (χ1n) is 7.74. The number of carbonyl (C=O) groups is 1. The van der Waals surface area contributed by atoms with Crippen molar-refractivity contribution in [3.8, 4) is 0 Å². The molecule has 3 nitrogen and oxygen atoms in total. The Morgan fingerprint density at radius 1 is 1.13 bits per heavy atom. The molecule has 4 rings (SSSR count). The molecule has 0 fully saturated rings. The van der Waals surface area contributed by atoms with E-state index in [1.54, 1.807) is 17.4 Å². The number of thiazole rings is 1. The number of amides is 1. The van der Waals surface area contributed by atoms with Crippen LogP contribution in [-0.4, -0.2) is 17.4 Å². The standard InChI is InChI=1S/C19H16N2OS/c22-19(21-13-5-7-14-6-1-3-9-16(14)21)12-11-18-20-15-8-2-4-10-17(15)23-18/h1-4,6,8-12H,5,7,13H2/b12-11+. The van der Waals surface area contributed by atoms with Crippen LogP contribution in [0, 0.1) is 0 Å². The van der Waals surface area contributed by atoms with E-state index in [0.717, 1.165) is 40.3 Å². The van der Waals surface area contributed by atoms with Crippen LogP contribution >= 0.6 is 11.3 Å². The molecular weight excluding hydrogens is 304 g/mol. The van der Waals surface area contributed by atoms with E-state index in [1.165, 1.54) is 5.56 Å². The van der Waals surface area contributed by atoms with E-state index in [1.807, 2.05) is 53.4 Å². The summed E-state index contributed by atoms with van der Waals surface area (Å²) >= 11 is 1.60. The first-order valence-corrected chi connectivity index (χ1v) is 8.56. The summed E-state index contributed by atoms with van der Waals surface area (Å²) in [4.78, 5) is 19.0. The largest absolute Gasteiger partial charge is 0.309 e. The highest BCUT2D eigenvalue weighted by Gasteiger charge is 2.20. The van der Waals surface area contributed by atoms with Gasteiger partial charge in [-0.3, -0.25) is 4.79 Å². The number of aryl methyl sites for hydroxylation is 1. The number of benzene rings is 2. The Balaban J connectivity index is 1.58. The zero-order valence-corrected chi connectivity index (χ0v) is 13.4. The third-order valence-electron chi connectivity index (χ3n) is 4.06. The summed E-state index contributed by atoms with van der Waals surface area (Å²) in [6, 6.07) is 16.2. The van der Waals surface area contributed by atoms with Gasteiger partial charge in [0.2, 0.25) is 0 Å². The molecule has 1 aromatic heterocycles. The van der Waals surface area contributed by atoms with Crippen molar-refractivity contribution in [3.63, 3.8) is 0 Å². The lowest BCUT2D eigenvalue weighted by Crippen LogP contribution is -2.34. The average molecular weight is 320 g/mol. The van der Waals surface area contributed by atoms with Crippen LogP contribution in [0.2, 0.25) is 0 Å². The van der Waals surface area contributed by atoms with Crippen molar-refractivity contribution in [1.29, 1.82) is 0 Å². The smallest absolute Gasteiger partial charge is 0.251 e. The van der Waals surface area contributed by atoms with Gasteiger partial charge in [-0.2, -0.15) is 0 Å². The predicted molar refractivity (Wildman–Crippen MR) is 95.8 cm³/mol. The molecule has 0 radical (unpaired) electrons. The molecule has 114 valence electrons. The van der Waals surface area contributed by atoms with E-state index in [-0.39, 0.29) is 5.91 Å². The van der Waals surface area contributed by atoms with E-state index in [2.05, 4.69) is 11.1 Å². The Bertz CT molecular complexity index is 864. The van der Waals surface area contributed by atoms with E-state index >= 15 is 0 Å². The predicted octanol–water partition coefficient (Wildman–Crippen LogP) is 4.29. The van der Waals surface area contributed by atoms with E-state index in [9.17, 15) is 4.79 Å². The molecule has 1 aliphatic heterocycles. The molecule has 1 amide bonds. The number of nitrogens with zero attached hydrogens (tertiary/aromatic N) is 2. The van der Waals surface area contributed by atoms with Gasteiger partial charge in [-0.1, -0.05) is 30.3 Å². The van der Waals surface area contributed by atoms with Crippen LogP contribution in [0.5, 0.6) is 0 Å². The highest BCUT2D eigenvalue weighted by Crippen LogP contribution is 2.27. The normalized spacial score (nSPS) is 14.3. The number of para-hydroxylation sites is 2. The Labute approximate surface area is 138 Å². The molecule has 0 saturated heterocycles. The number of fused-ring (bicyclic) bond motifs is 2. The molecule has 2 aromatic carbocycles. The molecular formula is C19H16N2OS. The highest BCUT2D eigenvalue weighted by molar-refractivity contribution is 7.19. The van der Waals surface area contributed by atoms with Gasteiger partial charge in [0.05, 0.1) is 10.2 Å². The quantitative estimate of drug-likeness (QED) is 0.660. The molecule has 1 aliphatic rings. The zero-order valence-electron chi connectivity index (χ0n) is 12.6. The molecule has 4 heteroatoms. The van der Waals surface area contributed by atoms with E-state index in [4.69, 9.17) is 0 Å². The summed E-state index contributed by atoms with van der Waals surface area (Å²) in [7, 11) is 0. The van der Waals surface area contributed by atoms with E-state index in [0.29, 0.717) is 0 Å². The second kappa shape index (κ2) is 5.97. The maximum absolute atomic E-state index is 12.6. The SMILES string of the molecule is O=C(/C=C/c1nc2ccccc2s1)N1CCCc2ccccc21. The van der Waals surface area contributed by atoms with Crippen LogP contribution in [0.15, 0.2) is 54.6 Å². The number of aromatic nitrogens is 1. The van der Waals surface area contributed by atoms with Gasteiger partial charge in [0.25, 0.3) is 5.91 Å². The zero-order chi connectivity index (χ0) is 15.6. The monoisotopic (exact) mass is 320 g/mol. The van der Waals surface area contributed by atoms with Gasteiger partial charge >= 0.3 is 0 Å². The Kier molecular flexibility index (Phi) is 3.67. The van der Waals surface area contributed by atoms with Crippen molar-refractivity contribution >= 4 is 39.2 Å². The summed E-state index contributed by atoms with van der Waals surface area (Å²) in [6.45, 7) is 0.778. The lowest BCUT2D eigenvalue weighted by molar-refractivity contribution is -0.114. The van der Waals surface area contributed by atoms with E-state index < -0.39 is 0 Å².